The van der Waals surface area contributed by atoms with E-state index < -0.39 is 0 Å². The highest BCUT2D eigenvalue weighted by Gasteiger charge is 2.07. The molecule has 1 heterocycles. The largest absolute Gasteiger partial charge is 0.497 e. The number of hydrogen-bond acceptors (Lipinski definition) is 4. The topological polar surface area (TPSA) is 44.2 Å². The fraction of sp³-hybridized carbons (Fsp3) is 0.158. The molecule has 1 aromatic heterocycles. The lowest BCUT2D eigenvalue weighted by molar-refractivity contribution is 0.292. The number of benzene rings is 2. The monoisotopic (exact) mass is 340 g/mol. The highest BCUT2D eigenvalue weighted by molar-refractivity contribution is 6.30. The van der Waals surface area contributed by atoms with Crippen molar-refractivity contribution in [2.45, 2.75) is 13.5 Å². The van der Waals surface area contributed by atoms with Crippen molar-refractivity contribution in [3.8, 4) is 23.0 Å². The summed E-state index contributed by atoms with van der Waals surface area (Å²) >= 11 is 5.93. The first-order chi connectivity index (χ1) is 11.6. The molecule has 0 atom stereocenters. The first kappa shape index (κ1) is 16.3. The molecule has 0 saturated heterocycles. The molecule has 0 aliphatic heterocycles. The average molecular weight is 341 g/mol. The molecule has 0 fully saturated rings. The normalized spacial score (nSPS) is 10.5. The quantitative estimate of drug-likeness (QED) is 0.675. The van der Waals surface area contributed by atoms with Gasteiger partial charge in [0.15, 0.2) is 5.82 Å². The summed E-state index contributed by atoms with van der Waals surface area (Å²) in [6, 6.07) is 17.0. The highest BCUT2D eigenvalue weighted by atomic mass is 35.5. The number of ether oxygens (including phenoxy) is 2. The van der Waals surface area contributed by atoms with Crippen LogP contribution in [0.25, 0.3) is 11.4 Å². The van der Waals surface area contributed by atoms with Crippen LogP contribution in [0.15, 0.2) is 54.6 Å². The van der Waals surface area contributed by atoms with Gasteiger partial charge < -0.3 is 9.47 Å². The fourth-order valence-electron chi connectivity index (χ4n) is 2.26. The van der Waals surface area contributed by atoms with Gasteiger partial charge in [-0.15, -0.1) is 0 Å². The van der Waals surface area contributed by atoms with Crippen molar-refractivity contribution >= 4 is 11.6 Å². The second kappa shape index (κ2) is 7.32. The molecule has 0 bridgehead atoms. The minimum Gasteiger partial charge on any atom is -0.497 e. The molecule has 0 spiro atoms. The lowest BCUT2D eigenvalue weighted by Gasteiger charge is -2.09. The van der Waals surface area contributed by atoms with Crippen molar-refractivity contribution in [3.05, 3.63) is 70.9 Å². The zero-order valence-electron chi connectivity index (χ0n) is 13.5. The third-order valence-corrected chi connectivity index (χ3v) is 3.71. The van der Waals surface area contributed by atoms with Gasteiger partial charge in [-0.25, -0.2) is 4.98 Å². The number of halogens is 1. The predicted molar refractivity (Wildman–Crippen MR) is 94.5 cm³/mol. The number of nitrogens with zero attached hydrogens (tertiary/aromatic N) is 2. The molecular weight excluding hydrogens is 324 g/mol. The van der Waals surface area contributed by atoms with Crippen molar-refractivity contribution < 1.29 is 9.47 Å². The van der Waals surface area contributed by atoms with E-state index in [0.29, 0.717) is 23.3 Å². The first-order valence-electron chi connectivity index (χ1n) is 7.51. The zero-order chi connectivity index (χ0) is 16.9. The van der Waals surface area contributed by atoms with Crippen LogP contribution in [-0.2, 0) is 6.61 Å². The van der Waals surface area contributed by atoms with Crippen LogP contribution in [0.1, 0.15) is 11.3 Å². The van der Waals surface area contributed by atoms with E-state index in [9.17, 15) is 0 Å². The summed E-state index contributed by atoms with van der Waals surface area (Å²) in [5, 5.41) is 0.681. The van der Waals surface area contributed by atoms with Gasteiger partial charge in [0.25, 0.3) is 0 Å². The van der Waals surface area contributed by atoms with E-state index in [1.54, 1.807) is 7.11 Å². The van der Waals surface area contributed by atoms with Crippen LogP contribution < -0.4 is 9.47 Å². The Morgan fingerprint density at radius 3 is 2.54 bits per heavy atom. The molecular formula is C19H17ClN2O2. The Labute approximate surface area is 146 Å². The van der Waals surface area contributed by atoms with Crippen molar-refractivity contribution in [2.75, 3.05) is 7.11 Å². The van der Waals surface area contributed by atoms with Crippen molar-refractivity contribution in [2.24, 2.45) is 0 Å². The van der Waals surface area contributed by atoms with Gasteiger partial charge in [-0.1, -0.05) is 23.7 Å². The molecule has 0 saturated carbocycles. The van der Waals surface area contributed by atoms with Crippen LogP contribution in [0.2, 0.25) is 5.02 Å². The summed E-state index contributed by atoms with van der Waals surface area (Å²) in [7, 11) is 1.64. The fourth-order valence-corrected chi connectivity index (χ4v) is 2.39. The maximum Gasteiger partial charge on any atom is 0.217 e. The molecule has 24 heavy (non-hydrogen) atoms. The summed E-state index contributed by atoms with van der Waals surface area (Å²) in [6.45, 7) is 2.33. The first-order valence-corrected chi connectivity index (χ1v) is 7.89. The molecule has 3 rings (SSSR count). The highest BCUT2D eigenvalue weighted by Crippen LogP contribution is 2.22. The van der Waals surface area contributed by atoms with E-state index in [2.05, 4.69) is 9.97 Å². The molecule has 2 aromatic carbocycles. The number of aromatic nitrogens is 2. The summed E-state index contributed by atoms with van der Waals surface area (Å²) < 4.78 is 11.0. The van der Waals surface area contributed by atoms with Crippen LogP contribution in [-0.4, -0.2) is 17.1 Å². The third kappa shape index (κ3) is 4.03. The van der Waals surface area contributed by atoms with Crippen LogP contribution >= 0.6 is 11.6 Å². The second-order valence-corrected chi connectivity index (χ2v) is 5.75. The smallest absolute Gasteiger partial charge is 0.217 e. The van der Waals surface area contributed by atoms with Gasteiger partial charge >= 0.3 is 0 Å². The van der Waals surface area contributed by atoms with Gasteiger partial charge in [0.05, 0.1) is 7.11 Å². The van der Waals surface area contributed by atoms with Gasteiger partial charge in [-0.2, -0.15) is 4.98 Å². The Hall–Kier alpha value is -2.59. The minimum atomic E-state index is 0.410. The van der Waals surface area contributed by atoms with Crippen LogP contribution in [0.3, 0.4) is 0 Å². The van der Waals surface area contributed by atoms with Gasteiger partial charge in [0, 0.05) is 22.3 Å². The lowest BCUT2D eigenvalue weighted by atomic mass is 10.2. The van der Waals surface area contributed by atoms with Crippen molar-refractivity contribution in [1.82, 2.24) is 9.97 Å². The maximum absolute atomic E-state index is 5.93. The lowest BCUT2D eigenvalue weighted by Crippen LogP contribution is -2.01. The standard InChI is InChI=1S/C19H17ClN2O2/c1-13-10-18(24-12-14-4-3-5-17(11-14)23-2)22-19(21-13)15-6-8-16(20)9-7-15/h3-11H,12H2,1-2H3. The van der Waals surface area contributed by atoms with Gasteiger partial charge in [0.1, 0.15) is 12.4 Å². The van der Waals surface area contributed by atoms with Crippen LogP contribution in [0.5, 0.6) is 11.6 Å². The van der Waals surface area contributed by atoms with Crippen LogP contribution in [0, 0.1) is 6.92 Å². The second-order valence-electron chi connectivity index (χ2n) is 5.32. The van der Waals surface area contributed by atoms with Gasteiger partial charge in [0.2, 0.25) is 5.88 Å². The van der Waals surface area contributed by atoms with Gasteiger partial charge in [-0.05, 0) is 48.9 Å². The van der Waals surface area contributed by atoms with Crippen LogP contribution in [0.4, 0.5) is 0 Å². The van der Waals surface area contributed by atoms with E-state index in [1.165, 1.54) is 0 Å². The molecule has 4 nitrogen and oxygen atoms in total. The molecule has 0 radical (unpaired) electrons. The Morgan fingerprint density at radius 2 is 1.79 bits per heavy atom. The van der Waals surface area contributed by atoms with Crippen molar-refractivity contribution in [3.63, 3.8) is 0 Å². The molecule has 5 heteroatoms. The van der Waals surface area contributed by atoms with E-state index in [4.69, 9.17) is 21.1 Å². The maximum atomic E-state index is 5.93. The Bertz CT molecular complexity index is 835. The number of hydrogen-bond donors (Lipinski definition) is 0. The number of aryl methyl sites for hydroxylation is 1. The number of methoxy groups -OCH3 is 1. The van der Waals surface area contributed by atoms with Gasteiger partial charge in [-0.3, -0.25) is 0 Å². The van der Waals surface area contributed by atoms with Crippen molar-refractivity contribution in [1.29, 1.82) is 0 Å². The zero-order valence-corrected chi connectivity index (χ0v) is 14.2. The molecule has 0 aliphatic carbocycles. The molecule has 0 unspecified atom stereocenters. The average Bonchev–Trinajstić information content (AvgIpc) is 2.60. The van der Waals surface area contributed by atoms with E-state index in [-0.39, 0.29) is 0 Å². The van der Waals surface area contributed by atoms with E-state index in [0.717, 1.165) is 22.6 Å². The summed E-state index contributed by atoms with van der Waals surface area (Å²) in [6.07, 6.45) is 0. The van der Waals surface area contributed by atoms with E-state index >= 15 is 0 Å². The summed E-state index contributed by atoms with van der Waals surface area (Å²) in [4.78, 5) is 8.95. The minimum absolute atomic E-state index is 0.410. The molecule has 0 amide bonds. The summed E-state index contributed by atoms with van der Waals surface area (Å²) in [5.74, 6) is 1.96. The molecule has 3 aromatic rings. The third-order valence-electron chi connectivity index (χ3n) is 3.45. The Balaban J connectivity index is 1.79. The Kier molecular flexibility index (Phi) is 4.96. The SMILES string of the molecule is COc1cccc(COc2cc(C)nc(-c3ccc(Cl)cc3)n2)c1. The number of rotatable bonds is 5. The predicted octanol–water partition coefficient (Wildman–Crippen LogP) is 4.69. The Morgan fingerprint density at radius 1 is 1.00 bits per heavy atom. The molecule has 0 aliphatic rings. The summed E-state index contributed by atoms with van der Waals surface area (Å²) in [5.41, 5.74) is 2.75. The molecule has 122 valence electrons. The molecule has 0 N–H and O–H groups in total. The van der Waals surface area contributed by atoms with E-state index in [1.807, 2.05) is 61.5 Å².